The van der Waals surface area contributed by atoms with Gasteiger partial charge in [-0.2, -0.15) is 4.98 Å². The Labute approximate surface area is 126 Å². The second-order valence-corrected chi connectivity index (χ2v) is 5.87. The van der Waals surface area contributed by atoms with Crippen molar-refractivity contribution in [1.29, 1.82) is 0 Å². The maximum Gasteiger partial charge on any atom is 0.339 e. The van der Waals surface area contributed by atoms with Crippen LogP contribution in [0.2, 0.25) is 0 Å². The van der Waals surface area contributed by atoms with E-state index in [2.05, 4.69) is 26.0 Å². The second kappa shape index (κ2) is 5.76. The van der Waals surface area contributed by atoms with E-state index in [0.29, 0.717) is 10.7 Å². The molecule has 0 unspecified atom stereocenters. The number of nitrogens with zero attached hydrogens (tertiary/aromatic N) is 2. The van der Waals surface area contributed by atoms with Gasteiger partial charge in [-0.3, -0.25) is 24.2 Å². The summed E-state index contributed by atoms with van der Waals surface area (Å²) in [6.45, 7) is 1.49. The van der Waals surface area contributed by atoms with Crippen LogP contribution < -0.4 is 11.1 Å². The lowest BCUT2D eigenvalue weighted by Crippen LogP contribution is -2.33. The topological polar surface area (TPSA) is 84.8 Å². The molecule has 0 aliphatic carbocycles. The van der Waals surface area contributed by atoms with E-state index < -0.39 is 11.1 Å². The van der Waals surface area contributed by atoms with E-state index in [1.807, 2.05) is 0 Å². The average molecular weight is 356 g/mol. The molecule has 0 saturated carbocycles. The van der Waals surface area contributed by atoms with Crippen molar-refractivity contribution < 1.29 is 4.79 Å². The largest absolute Gasteiger partial charge is 0.339 e. The molecular formula is C12H10BrN3O3S. The van der Waals surface area contributed by atoms with Crippen molar-refractivity contribution in [3.63, 3.8) is 0 Å². The summed E-state index contributed by atoms with van der Waals surface area (Å²) in [7, 11) is 1.59. The van der Waals surface area contributed by atoms with Crippen molar-refractivity contribution in [2.75, 3.05) is 0 Å². The van der Waals surface area contributed by atoms with Crippen LogP contribution in [0, 0.1) is 0 Å². The first-order valence-corrected chi connectivity index (χ1v) is 7.15. The highest BCUT2D eigenvalue weighted by atomic mass is 79.9. The first-order chi connectivity index (χ1) is 9.38. The molecule has 1 heterocycles. The fraction of sp³-hybridized carbons (Fsp3) is 0.167. The van der Waals surface area contributed by atoms with Crippen molar-refractivity contribution in [3.05, 3.63) is 48.9 Å². The van der Waals surface area contributed by atoms with E-state index in [1.165, 1.54) is 23.4 Å². The Morgan fingerprint density at radius 1 is 1.40 bits per heavy atom. The Kier molecular flexibility index (Phi) is 4.24. The predicted octanol–water partition coefficient (Wildman–Crippen LogP) is 1.58. The molecular weight excluding hydrogens is 346 g/mol. The van der Waals surface area contributed by atoms with Crippen LogP contribution in [0.3, 0.4) is 0 Å². The van der Waals surface area contributed by atoms with Gasteiger partial charge in [0.1, 0.15) is 0 Å². The van der Waals surface area contributed by atoms with E-state index in [-0.39, 0.29) is 5.78 Å². The number of hydrogen-bond acceptors (Lipinski definition) is 5. The number of aromatic amines is 1. The predicted molar refractivity (Wildman–Crippen MR) is 78.4 cm³/mol. The van der Waals surface area contributed by atoms with Gasteiger partial charge in [-0.05, 0) is 46.7 Å². The van der Waals surface area contributed by atoms with Gasteiger partial charge in [0.05, 0.1) is 0 Å². The maximum absolute atomic E-state index is 11.3. The van der Waals surface area contributed by atoms with Crippen LogP contribution in [0.1, 0.15) is 17.3 Å². The normalized spacial score (nSPS) is 10.6. The number of aromatic nitrogens is 3. The number of ketones is 1. The number of H-pyrrole nitrogens is 1. The smallest absolute Gasteiger partial charge is 0.295 e. The third-order valence-corrected chi connectivity index (χ3v) is 4.53. The maximum atomic E-state index is 11.3. The van der Waals surface area contributed by atoms with E-state index in [9.17, 15) is 14.4 Å². The van der Waals surface area contributed by atoms with Crippen LogP contribution in [0.5, 0.6) is 0 Å². The molecule has 0 fully saturated rings. The number of Topliss-reactive ketones (excluding diaryl/α,β-unsaturated/α-hetero) is 1. The summed E-state index contributed by atoms with van der Waals surface area (Å²) in [4.78, 5) is 38.2. The highest BCUT2D eigenvalue weighted by Crippen LogP contribution is 2.32. The Hall–Kier alpha value is -1.67. The first kappa shape index (κ1) is 14.7. The number of rotatable bonds is 3. The number of aryl methyl sites for hydroxylation is 1. The summed E-state index contributed by atoms with van der Waals surface area (Å²) in [5, 5.41) is 2.72. The number of halogens is 1. The van der Waals surface area contributed by atoms with Gasteiger partial charge in [-0.1, -0.05) is 6.07 Å². The molecule has 0 radical (unpaired) electrons. The van der Waals surface area contributed by atoms with Crippen LogP contribution in [0.4, 0.5) is 0 Å². The quantitative estimate of drug-likeness (QED) is 0.667. The van der Waals surface area contributed by atoms with Crippen molar-refractivity contribution >= 4 is 33.5 Å². The molecule has 6 nitrogen and oxygen atoms in total. The third kappa shape index (κ3) is 3.07. The third-order valence-electron chi connectivity index (χ3n) is 2.49. The van der Waals surface area contributed by atoms with Gasteiger partial charge in [0, 0.05) is 22.0 Å². The van der Waals surface area contributed by atoms with Gasteiger partial charge in [-0.15, -0.1) is 0 Å². The van der Waals surface area contributed by atoms with Gasteiger partial charge in [0.2, 0.25) is 0 Å². The van der Waals surface area contributed by atoms with E-state index >= 15 is 0 Å². The van der Waals surface area contributed by atoms with Crippen LogP contribution in [-0.4, -0.2) is 20.5 Å². The average Bonchev–Trinajstić information content (AvgIpc) is 2.37. The molecule has 0 aliphatic heterocycles. The summed E-state index contributed by atoms with van der Waals surface area (Å²) in [5.41, 5.74) is -1.01. The summed E-state index contributed by atoms with van der Waals surface area (Å²) in [6.07, 6.45) is 0. The zero-order chi connectivity index (χ0) is 14.9. The Morgan fingerprint density at radius 3 is 2.70 bits per heavy atom. The van der Waals surface area contributed by atoms with Gasteiger partial charge < -0.3 is 0 Å². The molecule has 0 bridgehead atoms. The summed E-state index contributed by atoms with van der Waals surface area (Å²) >= 11 is 4.58. The SMILES string of the molecule is CC(=O)c1ccc(Sc2nc(=O)c(=O)[nH]n2C)c(Br)c1. The molecule has 2 rings (SSSR count). The molecule has 2 aromatic rings. The Morgan fingerprint density at radius 2 is 2.10 bits per heavy atom. The van der Waals surface area contributed by atoms with Crippen LogP contribution in [0.15, 0.2) is 42.3 Å². The number of hydrogen-bond donors (Lipinski definition) is 1. The molecule has 0 spiro atoms. The Bertz CT molecular complexity index is 797. The molecule has 0 aliphatic rings. The lowest BCUT2D eigenvalue weighted by molar-refractivity contribution is 0.101. The molecule has 0 saturated heterocycles. The molecule has 0 atom stereocenters. The summed E-state index contributed by atoms with van der Waals surface area (Å²) in [5.74, 6) is -0.0307. The van der Waals surface area contributed by atoms with Crippen LogP contribution in [-0.2, 0) is 7.05 Å². The highest BCUT2D eigenvalue weighted by molar-refractivity contribution is 9.10. The first-order valence-electron chi connectivity index (χ1n) is 5.54. The molecule has 20 heavy (non-hydrogen) atoms. The fourth-order valence-corrected chi connectivity index (χ4v) is 2.87. The van der Waals surface area contributed by atoms with Gasteiger partial charge in [0.25, 0.3) is 0 Å². The van der Waals surface area contributed by atoms with E-state index in [4.69, 9.17) is 0 Å². The minimum atomic E-state index is -0.831. The molecule has 0 amide bonds. The van der Waals surface area contributed by atoms with Crippen molar-refractivity contribution in [3.8, 4) is 0 Å². The van der Waals surface area contributed by atoms with E-state index in [0.717, 1.165) is 9.37 Å². The molecule has 8 heteroatoms. The minimum absolute atomic E-state index is 0.0307. The minimum Gasteiger partial charge on any atom is -0.295 e. The number of carbonyl (C=O) groups excluding carboxylic acids is 1. The zero-order valence-electron chi connectivity index (χ0n) is 10.6. The molecule has 1 aromatic heterocycles. The fourth-order valence-electron chi connectivity index (χ4n) is 1.45. The van der Waals surface area contributed by atoms with Gasteiger partial charge >= 0.3 is 11.1 Å². The number of benzene rings is 1. The second-order valence-electron chi connectivity index (χ2n) is 4.00. The van der Waals surface area contributed by atoms with Crippen molar-refractivity contribution in [2.24, 2.45) is 7.05 Å². The number of carbonyl (C=O) groups is 1. The molecule has 1 N–H and O–H groups in total. The lowest BCUT2D eigenvalue weighted by Gasteiger charge is -2.08. The van der Waals surface area contributed by atoms with Gasteiger partial charge in [-0.25, -0.2) is 0 Å². The van der Waals surface area contributed by atoms with Crippen molar-refractivity contribution in [1.82, 2.24) is 14.8 Å². The molecule has 104 valence electrons. The summed E-state index contributed by atoms with van der Waals surface area (Å²) in [6, 6.07) is 5.15. The summed E-state index contributed by atoms with van der Waals surface area (Å²) < 4.78 is 2.09. The lowest BCUT2D eigenvalue weighted by atomic mass is 10.2. The molecule has 1 aromatic carbocycles. The highest BCUT2D eigenvalue weighted by Gasteiger charge is 2.10. The number of nitrogens with one attached hydrogen (secondary N) is 1. The van der Waals surface area contributed by atoms with Crippen LogP contribution >= 0.6 is 27.7 Å². The van der Waals surface area contributed by atoms with Crippen molar-refractivity contribution in [2.45, 2.75) is 17.0 Å². The van der Waals surface area contributed by atoms with Crippen LogP contribution in [0.25, 0.3) is 0 Å². The van der Waals surface area contributed by atoms with Gasteiger partial charge in [0.15, 0.2) is 10.9 Å². The standard InChI is InChI=1S/C12H10BrN3O3S/c1-6(17)7-3-4-9(8(13)5-7)20-12-14-10(18)11(19)15-16(12)2/h3-5H,1-2H3,(H,15,19). The Balaban J connectivity index is 2.40. The van der Waals surface area contributed by atoms with E-state index in [1.54, 1.807) is 25.2 Å². The monoisotopic (exact) mass is 355 g/mol. The zero-order valence-corrected chi connectivity index (χ0v) is 13.0.